The molecule has 0 saturated heterocycles. The van der Waals surface area contributed by atoms with Crippen molar-refractivity contribution in [2.45, 2.75) is 31.9 Å². The van der Waals surface area contributed by atoms with Crippen molar-refractivity contribution in [2.24, 2.45) is 5.41 Å². The van der Waals surface area contributed by atoms with Crippen LogP contribution in [0.5, 0.6) is 0 Å². The quantitative estimate of drug-likeness (QED) is 0.777. The summed E-state index contributed by atoms with van der Waals surface area (Å²) in [7, 11) is 0. The molecule has 1 fully saturated rings. The molecular weight excluding hydrogens is 227 g/mol. The zero-order chi connectivity index (χ0) is 12.4. The topological polar surface area (TPSA) is 66.4 Å². The van der Waals surface area contributed by atoms with E-state index in [-0.39, 0.29) is 6.42 Å². The molecule has 0 aromatic rings. The first-order valence-electron chi connectivity index (χ1n) is 4.82. The molecule has 0 unspecified atom stereocenters. The molecule has 16 heavy (non-hydrogen) atoms. The smallest absolute Gasteiger partial charge is 0.405 e. The van der Waals surface area contributed by atoms with Gasteiger partial charge in [0.15, 0.2) is 0 Å². The molecule has 0 aliphatic heterocycles. The van der Waals surface area contributed by atoms with E-state index in [9.17, 15) is 22.8 Å². The van der Waals surface area contributed by atoms with E-state index in [1.54, 1.807) is 5.32 Å². The Hall–Kier alpha value is -1.27. The third kappa shape index (κ3) is 3.11. The minimum Gasteiger partial charge on any atom is -0.481 e. The second-order valence-corrected chi connectivity index (χ2v) is 4.01. The van der Waals surface area contributed by atoms with Gasteiger partial charge in [-0.3, -0.25) is 9.59 Å². The first-order valence-corrected chi connectivity index (χ1v) is 4.82. The summed E-state index contributed by atoms with van der Waals surface area (Å²) in [5.41, 5.74) is -1.14. The van der Waals surface area contributed by atoms with Gasteiger partial charge in [0.1, 0.15) is 6.54 Å². The highest BCUT2D eigenvalue weighted by atomic mass is 19.4. The van der Waals surface area contributed by atoms with Gasteiger partial charge in [-0.2, -0.15) is 13.2 Å². The number of rotatable bonds is 4. The number of carbonyl (C=O) groups is 2. The van der Waals surface area contributed by atoms with E-state index in [0.29, 0.717) is 19.3 Å². The molecule has 1 aliphatic rings. The third-order valence-corrected chi connectivity index (χ3v) is 2.75. The molecule has 0 radical (unpaired) electrons. The zero-order valence-corrected chi connectivity index (χ0v) is 8.43. The van der Waals surface area contributed by atoms with Gasteiger partial charge in [-0.05, 0) is 12.8 Å². The fourth-order valence-electron chi connectivity index (χ4n) is 1.64. The van der Waals surface area contributed by atoms with Crippen LogP contribution in [0.15, 0.2) is 0 Å². The Balaban J connectivity index is 2.42. The standard InChI is InChI=1S/C9H12F3NO3/c10-9(11,12)5-13-6(14)4-8(7(15)16)2-1-3-8/h1-5H2,(H,13,14)(H,15,16). The Morgan fingerprint density at radius 1 is 1.31 bits per heavy atom. The van der Waals surface area contributed by atoms with Crippen LogP contribution >= 0.6 is 0 Å². The van der Waals surface area contributed by atoms with Crippen molar-refractivity contribution < 1.29 is 27.9 Å². The minimum atomic E-state index is -4.47. The summed E-state index contributed by atoms with van der Waals surface area (Å²) in [6, 6.07) is 0. The maximum atomic E-state index is 11.8. The van der Waals surface area contributed by atoms with E-state index in [0.717, 1.165) is 0 Å². The maximum absolute atomic E-state index is 11.8. The zero-order valence-electron chi connectivity index (χ0n) is 8.43. The lowest BCUT2D eigenvalue weighted by molar-refractivity contribution is -0.158. The van der Waals surface area contributed by atoms with Crippen molar-refractivity contribution in [3.05, 3.63) is 0 Å². The number of amides is 1. The largest absolute Gasteiger partial charge is 0.481 e. The summed E-state index contributed by atoms with van der Waals surface area (Å²) in [6.45, 7) is -1.42. The number of carboxylic acids is 1. The number of hydrogen-bond donors (Lipinski definition) is 2. The van der Waals surface area contributed by atoms with Gasteiger partial charge in [-0.1, -0.05) is 6.42 Å². The Morgan fingerprint density at radius 2 is 1.88 bits per heavy atom. The van der Waals surface area contributed by atoms with E-state index >= 15 is 0 Å². The van der Waals surface area contributed by atoms with Crippen LogP contribution in [-0.4, -0.2) is 29.7 Å². The predicted octanol–water partition coefficient (Wildman–Crippen LogP) is 1.31. The highest BCUT2D eigenvalue weighted by Gasteiger charge is 2.46. The van der Waals surface area contributed by atoms with Crippen LogP contribution in [0.2, 0.25) is 0 Å². The Labute approximate surface area is 89.8 Å². The molecular formula is C9H12F3NO3. The molecule has 1 amide bonds. The van der Waals surface area contributed by atoms with E-state index in [1.807, 2.05) is 0 Å². The van der Waals surface area contributed by atoms with Crippen molar-refractivity contribution in [1.29, 1.82) is 0 Å². The fraction of sp³-hybridized carbons (Fsp3) is 0.778. The molecule has 92 valence electrons. The SMILES string of the molecule is O=C(CC1(C(=O)O)CCC1)NCC(F)(F)F. The fourth-order valence-corrected chi connectivity index (χ4v) is 1.64. The number of carbonyl (C=O) groups excluding carboxylic acids is 1. The van der Waals surface area contributed by atoms with Crippen LogP contribution in [-0.2, 0) is 9.59 Å². The molecule has 1 rings (SSSR count). The summed E-state index contributed by atoms with van der Waals surface area (Å²) in [6.07, 6.45) is -3.45. The number of halogens is 3. The third-order valence-electron chi connectivity index (χ3n) is 2.75. The number of carboxylic acid groups (broad SMARTS) is 1. The first kappa shape index (κ1) is 12.8. The van der Waals surface area contributed by atoms with Gasteiger partial charge in [0.2, 0.25) is 5.91 Å². The lowest BCUT2D eigenvalue weighted by Crippen LogP contribution is -2.44. The van der Waals surface area contributed by atoms with Gasteiger partial charge in [-0.25, -0.2) is 0 Å². The van der Waals surface area contributed by atoms with Gasteiger partial charge >= 0.3 is 12.1 Å². The number of alkyl halides is 3. The van der Waals surface area contributed by atoms with Gasteiger partial charge in [0.05, 0.1) is 5.41 Å². The van der Waals surface area contributed by atoms with Crippen LogP contribution in [0.25, 0.3) is 0 Å². The lowest BCUT2D eigenvalue weighted by Gasteiger charge is -2.36. The average Bonchev–Trinajstić information content (AvgIpc) is 2.06. The van der Waals surface area contributed by atoms with Crippen LogP contribution in [0.3, 0.4) is 0 Å². The van der Waals surface area contributed by atoms with Gasteiger partial charge in [0, 0.05) is 6.42 Å². The highest BCUT2D eigenvalue weighted by Crippen LogP contribution is 2.44. The molecule has 0 spiro atoms. The summed E-state index contributed by atoms with van der Waals surface area (Å²) in [5, 5.41) is 10.5. The van der Waals surface area contributed by atoms with Crippen LogP contribution in [0, 0.1) is 5.41 Å². The molecule has 0 aromatic heterocycles. The van der Waals surface area contributed by atoms with E-state index in [1.165, 1.54) is 0 Å². The van der Waals surface area contributed by atoms with Crippen LogP contribution in [0.1, 0.15) is 25.7 Å². The molecule has 0 atom stereocenters. The maximum Gasteiger partial charge on any atom is 0.405 e. The van der Waals surface area contributed by atoms with Crippen LogP contribution in [0.4, 0.5) is 13.2 Å². The molecule has 7 heteroatoms. The molecule has 0 heterocycles. The second kappa shape index (κ2) is 4.31. The number of aliphatic carboxylic acids is 1. The monoisotopic (exact) mass is 239 g/mol. The van der Waals surface area contributed by atoms with Crippen molar-refractivity contribution >= 4 is 11.9 Å². The Bertz CT molecular complexity index is 297. The van der Waals surface area contributed by atoms with Crippen LogP contribution < -0.4 is 5.32 Å². The van der Waals surface area contributed by atoms with E-state index in [4.69, 9.17) is 5.11 Å². The molecule has 2 N–H and O–H groups in total. The first-order chi connectivity index (χ1) is 7.25. The normalized spacial score (nSPS) is 18.7. The van der Waals surface area contributed by atoms with E-state index in [2.05, 4.69) is 0 Å². The van der Waals surface area contributed by atoms with Gasteiger partial charge in [-0.15, -0.1) is 0 Å². The molecule has 4 nitrogen and oxygen atoms in total. The van der Waals surface area contributed by atoms with Crippen molar-refractivity contribution in [1.82, 2.24) is 5.32 Å². The number of hydrogen-bond acceptors (Lipinski definition) is 2. The molecule has 0 bridgehead atoms. The van der Waals surface area contributed by atoms with Crippen molar-refractivity contribution in [2.75, 3.05) is 6.54 Å². The molecule has 1 saturated carbocycles. The minimum absolute atomic E-state index is 0.349. The second-order valence-electron chi connectivity index (χ2n) is 4.01. The summed E-state index contributed by atoms with van der Waals surface area (Å²) in [4.78, 5) is 22.0. The van der Waals surface area contributed by atoms with Gasteiger partial charge < -0.3 is 10.4 Å². The average molecular weight is 239 g/mol. The summed E-state index contributed by atoms with van der Waals surface area (Å²) >= 11 is 0. The lowest BCUT2D eigenvalue weighted by atomic mass is 9.66. The summed E-state index contributed by atoms with van der Waals surface area (Å²) in [5.74, 6) is -1.97. The Morgan fingerprint density at radius 3 is 2.19 bits per heavy atom. The van der Waals surface area contributed by atoms with Crippen molar-refractivity contribution in [3.63, 3.8) is 0 Å². The predicted molar refractivity (Wildman–Crippen MR) is 47.6 cm³/mol. The van der Waals surface area contributed by atoms with E-state index < -0.39 is 30.0 Å². The summed E-state index contributed by atoms with van der Waals surface area (Å²) < 4.78 is 35.3. The molecule has 0 aromatic carbocycles. The van der Waals surface area contributed by atoms with Crippen molar-refractivity contribution in [3.8, 4) is 0 Å². The molecule has 1 aliphatic carbocycles. The Kier molecular flexibility index (Phi) is 3.44. The number of nitrogens with one attached hydrogen (secondary N) is 1. The highest BCUT2D eigenvalue weighted by molar-refractivity contribution is 5.85. The van der Waals surface area contributed by atoms with Gasteiger partial charge in [0.25, 0.3) is 0 Å².